The molecule has 0 spiro atoms. The summed E-state index contributed by atoms with van der Waals surface area (Å²) >= 11 is 0. The van der Waals surface area contributed by atoms with E-state index in [0.29, 0.717) is 0 Å². The molecule has 1 aliphatic rings. The van der Waals surface area contributed by atoms with Crippen LogP contribution in [0.4, 0.5) is 11.4 Å². The Labute approximate surface area is 120 Å². The highest BCUT2D eigenvalue weighted by atomic mass is 15.2. The van der Waals surface area contributed by atoms with Crippen molar-refractivity contribution in [2.45, 2.75) is 12.3 Å². The van der Waals surface area contributed by atoms with Gasteiger partial charge in [0.15, 0.2) is 0 Å². The second kappa shape index (κ2) is 4.64. The second-order valence-electron chi connectivity index (χ2n) is 5.25. The summed E-state index contributed by atoms with van der Waals surface area (Å²) in [7, 11) is 2.06. The van der Waals surface area contributed by atoms with Crippen LogP contribution in [-0.4, -0.2) is 12.9 Å². The van der Waals surface area contributed by atoms with Crippen LogP contribution in [0.1, 0.15) is 12.5 Å². The van der Waals surface area contributed by atoms with E-state index in [1.165, 1.54) is 5.56 Å². The number of amidine groups is 1. The third kappa shape index (κ3) is 1.76. The maximum Gasteiger partial charge on any atom is 0.123 e. The summed E-state index contributed by atoms with van der Waals surface area (Å²) in [6, 6.07) is 18.6. The van der Waals surface area contributed by atoms with Gasteiger partial charge in [0.1, 0.15) is 5.84 Å². The van der Waals surface area contributed by atoms with E-state index in [-0.39, 0.29) is 5.41 Å². The fourth-order valence-electron chi connectivity index (χ4n) is 2.76. The summed E-state index contributed by atoms with van der Waals surface area (Å²) < 4.78 is 0. The fraction of sp³-hybridized carbons (Fsp3) is 0.167. The van der Waals surface area contributed by atoms with Crippen LogP contribution in [0, 0.1) is 0 Å². The molecule has 1 aliphatic heterocycles. The number of anilines is 1. The van der Waals surface area contributed by atoms with Crippen molar-refractivity contribution in [2.24, 2.45) is 4.99 Å². The highest BCUT2D eigenvalue weighted by molar-refractivity contribution is 6.10. The molecule has 20 heavy (non-hydrogen) atoms. The highest BCUT2D eigenvalue weighted by Crippen LogP contribution is 2.42. The van der Waals surface area contributed by atoms with Crippen molar-refractivity contribution in [3.05, 3.63) is 72.8 Å². The van der Waals surface area contributed by atoms with Crippen LogP contribution >= 0.6 is 0 Å². The van der Waals surface area contributed by atoms with Crippen LogP contribution in [0.3, 0.4) is 0 Å². The Hall–Kier alpha value is -2.35. The summed E-state index contributed by atoms with van der Waals surface area (Å²) in [6.07, 6.45) is 1.98. The molecular formula is C18H18N2. The van der Waals surface area contributed by atoms with Crippen LogP contribution in [-0.2, 0) is 5.41 Å². The molecule has 1 unspecified atom stereocenters. The molecule has 0 fully saturated rings. The maximum atomic E-state index is 4.82. The molecule has 0 saturated carbocycles. The number of benzene rings is 2. The summed E-state index contributed by atoms with van der Waals surface area (Å²) in [5.41, 5.74) is 3.13. The van der Waals surface area contributed by atoms with Gasteiger partial charge < -0.3 is 4.90 Å². The molecule has 2 nitrogen and oxygen atoms in total. The van der Waals surface area contributed by atoms with Crippen molar-refractivity contribution in [1.29, 1.82) is 0 Å². The summed E-state index contributed by atoms with van der Waals surface area (Å²) in [5.74, 6) is 1.01. The zero-order valence-corrected chi connectivity index (χ0v) is 11.9. The monoisotopic (exact) mass is 262 g/mol. The summed E-state index contributed by atoms with van der Waals surface area (Å²) in [4.78, 5) is 6.96. The molecule has 0 N–H and O–H groups in total. The van der Waals surface area contributed by atoms with E-state index in [0.717, 1.165) is 17.2 Å². The molecule has 1 heterocycles. The number of aliphatic imine (C=N–C) groups is 1. The lowest BCUT2D eigenvalue weighted by atomic mass is 9.82. The summed E-state index contributed by atoms with van der Waals surface area (Å²) in [6.45, 7) is 6.20. The van der Waals surface area contributed by atoms with Gasteiger partial charge in [-0.2, -0.15) is 0 Å². The van der Waals surface area contributed by atoms with Crippen molar-refractivity contribution in [2.75, 3.05) is 11.9 Å². The van der Waals surface area contributed by atoms with E-state index in [4.69, 9.17) is 4.99 Å². The molecular weight excluding hydrogens is 244 g/mol. The number of nitrogens with zero attached hydrogens (tertiary/aromatic N) is 2. The minimum absolute atomic E-state index is 0.249. The van der Waals surface area contributed by atoms with Crippen LogP contribution < -0.4 is 4.90 Å². The number of likely N-dealkylation sites (N-methyl/N-ethyl adjacent to an activating group) is 1. The lowest BCUT2D eigenvalue weighted by Crippen LogP contribution is -2.39. The molecule has 0 aromatic heterocycles. The van der Waals surface area contributed by atoms with Crippen LogP contribution in [0.5, 0.6) is 0 Å². The number of hydrogen-bond donors (Lipinski definition) is 0. The molecule has 2 aromatic carbocycles. The first-order chi connectivity index (χ1) is 9.66. The molecule has 1 atom stereocenters. The lowest BCUT2D eigenvalue weighted by molar-refractivity contribution is 0.815. The van der Waals surface area contributed by atoms with Gasteiger partial charge in [-0.25, -0.2) is 4.99 Å². The third-order valence-electron chi connectivity index (χ3n) is 4.02. The first-order valence-corrected chi connectivity index (χ1v) is 6.78. The average Bonchev–Trinajstić information content (AvgIpc) is 2.82. The molecule has 0 saturated heterocycles. The molecule has 0 bridgehead atoms. The van der Waals surface area contributed by atoms with E-state index in [9.17, 15) is 0 Å². The van der Waals surface area contributed by atoms with Gasteiger partial charge in [0.2, 0.25) is 0 Å². The quantitative estimate of drug-likeness (QED) is 0.736. The first-order valence-electron chi connectivity index (χ1n) is 6.78. The Bertz CT molecular complexity index is 673. The highest BCUT2D eigenvalue weighted by Gasteiger charge is 2.38. The van der Waals surface area contributed by atoms with Crippen molar-refractivity contribution < 1.29 is 0 Å². The Morgan fingerprint density at radius 1 is 1.05 bits per heavy atom. The van der Waals surface area contributed by atoms with Gasteiger partial charge in [0.25, 0.3) is 0 Å². The molecule has 100 valence electrons. The van der Waals surface area contributed by atoms with Gasteiger partial charge >= 0.3 is 0 Å². The maximum absolute atomic E-state index is 4.82. The van der Waals surface area contributed by atoms with Crippen molar-refractivity contribution in [1.82, 2.24) is 0 Å². The SMILES string of the molecule is C=CC1(C)C(N(C)c2ccccc2)=Nc2ccccc21. The van der Waals surface area contributed by atoms with Gasteiger partial charge in [0.05, 0.1) is 11.1 Å². The van der Waals surface area contributed by atoms with Crippen LogP contribution in [0.2, 0.25) is 0 Å². The largest absolute Gasteiger partial charge is 0.332 e. The number of fused-ring (bicyclic) bond motifs is 1. The normalized spacial score (nSPS) is 20.2. The minimum Gasteiger partial charge on any atom is -0.332 e. The second-order valence-corrected chi connectivity index (χ2v) is 5.25. The van der Waals surface area contributed by atoms with Crippen molar-refractivity contribution in [3.8, 4) is 0 Å². The fourth-order valence-corrected chi connectivity index (χ4v) is 2.76. The third-order valence-corrected chi connectivity index (χ3v) is 4.02. The zero-order valence-electron chi connectivity index (χ0n) is 11.9. The Balaban J connectivity index is 2.09. The molecule has 2 aromatic rings. The predicted octanol–water partition coefficient (Wildman–Crippen LogP) is 4.31. The number of rotatable bonds is 2. The minimum atomic E-state index is -0.249. The van der Waals surface area contributed by atoms with E-state index in [1.54, 1.807) is 0 Å². The molecule has 2 heteroatoms. The van der Waals surface area contributed by atoms with Crippen molar-refractivity contribution in [3.63, 3.8) is 0 Å². The Morgan fingerprint density at radius 3 is 2.40 bits per heavy atom. The van der Waals surface area contributed by atoms with E-state index >= 15 is 0 Å². The smallest absolute Gasteiger partial charge is 0.123 e. The van der Waals surface area contributed by atoms with Gasteiger partial charge in [-0.05, 0) is 30.7 Å². The lowest BCUT2D eigenvalue weighted by Gasteiger charge is -2.30. The molecule has 3 rings (SSSR count). The first kappa shape index (κ1) is 12.7. The molecule has 0 amide bonds. The van der Waals surface area contributed by atoms with E-state index < -0.39 is 0 Å². The Kier molecular flexibility index (Phi) is 2.94. The van der Waals surface area contributed by atoms with Gasteiger partial charge in [0, 0.05) is 12.7 Å². The van der Waals surface area contributed by atoms with Crippen molar-refractivity contribution >= 4 is 17.2 Å². The predicted molar refractivity (Wildman–Crippen MR) is 85.9 cm³/mol. The van der Waals surface area contributed by atoms with E-state index in [2.05, 4.69) is 55.8 Å². The van der Waals surface area contributed by atoms with Crippen LogP contribution in [0.25, 0.3) is 0 Å². The van der Waals surface area contributed by atoms with Gasteiger partial charge in [-0.3, -0.25) is 0 Å². The van der Waals surface area contributed by atoms with Gasteiger partial charge in [-0.1, -0.05) is 42.5 Å². The molecule has 0 aliphatic carbocycles. The zero-order chi connectivity index (χ0) is 14.2. The average molecular weight is 262 g/mol. The molecule has 0 radical (unpaired) electrons. The number of hydrogen-bond acceptors (Lipinski definition) is 2. The topological polar surface area (TPSA) is 15.6 Å². The van der Waals surface area contributed by atoms with Crippen LogP contribution in [0.15, 0.2) is 72.2 Å². The Morgan fingerprint density at radius 2 is 1.70 bits per heavy atom. The summed E-state index contributed by atoms with van der Waals surface area (Å²) in [5, 5.41) is 0. The van der Waals surface area contributed by atoms with E-state index in [1.807, 2.05) is 30.3 Å². The van der Waals surface area contributed by atoms with Gasteiger partial charge in [-0.15, -0.1) is 6.58 Å². The standard InChI is InChI=1S/C18H18N2/c1-4-18(2)15-12-8-9-13-16(15)19-17(18)20(3)14-10-6-5-7-11-14/h4-13H,1H2,2-3H3. The number of para-hydroxylation sites is 2.